The Bertz CT molecular complexity index is 1340. The molecule has 10 atom stereocenters. The second-order valence-corrected chi connectivity index (χ2v) is 16.1. The second-order valence-electron chi connectivity index (χ2n) is 16.1. The summed E-state index contributed by atoms with van der Waals surface area (Å²) in [5, 5.41) is 31.7. The van der Waals surface area contributed by atoms with E-state index in [-0.39, 0.29) is 39.9 Å². The molecule has 6 rings (SSSR count). The van der Waals surface area contributed by atoms with Crippen LogP contribution < -0.4 is 0 Å². The monoisotopic (exact) mass is 604 g/mol. The number of fused-ring (bicyclic) bond motifs is 7. The fourth-order valence-corrected chi connectivity index (χ4v) is 11.4. The van der Waals surface area contributed by atoms with Gasteiger partial charge in [0.05, 0.1) is 18.1 Å². The molecule has 1 aromatic carbocycles. The summed E-state index contributed by atoms with van der Waals surface area (Å²) in [4.78, 5) is 26.6. The van der Waals surface area contributed by atoms with Gasteiger partial charge in [-0.15, -0.1) is 0 Å². The van der Waals surface area contributed by atoms with Crippen LogP contribution >= 0.6 is 0 Å². The minimum atomic E-state index is -0.876. The topological polar surface area (TPSA) is 104 Å². The molecule has 4 saturated carbocycles. The lowest BCUT2D eigenvalue weighted by molar-refractivity contribution is -0.190. The number of carbonyl (C=O) groups is 2. The van der Waals surface area contributed by atoms with Gasteiger partial charge in [0.15, 0.2) is 0 Å². The number of aliphatic hydroxyl groups excluding tert-OH is 1. The number of ether oxygens (including phenoxy) is 1. The number of esters is 1. The Morgan fingerprint density at radius 1 is 0.955 bits per heavy atom. The lowest BCUT2D eigenvalue weighted by Gasteiger charge is -2.67. The molecule has 0 radical (unpaired) electrons. The van der Waals surface area contributed by atoms with E-state index in [0.29, 0.717) is 36.7 Å². The van der Waals surface area contributed by atoms with Gasteiger partial charge in [-0.2, -0.15) is 0 Å². The molecule has 6 nitrogen and oxygen atoms in total. The molecule has 0 unspecified atom stereocenters. The van der Waals surface area contributed by atoms with Gasteiger partial charge in [0.2, 0.25) is 0 Å². The molecule has 4 fully saturated rings. The zero-order valence-corrected chi connectivity index (χ0v) is 27.2. The van der Waals surface area contributed by atoms with Crippen molar-refractivity contribution in [3.63, 3.8) is 0 Å². The maximum atomic E-state index is 13.7. The number of carboxylic acids is 1. The van der Waals surface area contributed by atoms with Crippen molar-refractivity contribution in [1.29, 1.82) is 0 Å². The molecule has 1 aromatic rings. The van der Waals surface area contributed by atoms with E-state index in [1.54, 1.807) is 30.3 Å². The average molecular weight is 605 g/mol. The summed E-state index contributed by atoms with van der Waals surface area (Å²) in [5.74, 6) is 0.722. The fourth-order valence-electron chi connectivity index (χ4n) is 11.4. The van der Waals surface area contributed by atoms with Gasteiger partial charge in [-0.05, 0) is 128 Å². The van der Waals surface area contributed by atoms with Crippen molar-refractivity contribution in [3.05, 3.63) is 47.6 Å². The summed E-state index contributed by atoms with van der Waals surface area (Å²) in [7, 11) is 0. The molecule has 0 heterocycles. The number of hydrogen-bond acceptors (Lipinski definition) is 5. The molecule has 0 spiro atoms. The van der Waals surface area contributed by atoms with Crippen molar-refractivity contribution in [2.45, 2.75) is 98.5 Å². The van der Waals surface area contributed by atoms with Gasteiger partial charge in [-0.3, -0.25) is 4.79 Å². The summed E-state index contributed by atoms with van der Waals surface area (Å²) in [6.07, 6.45) is 13.0. The molecule has 44 heavy (non-hydrogen) atoms. The van der Waals surface area contributed by atoms with Gasteiger partial charge in [0.25, 0.3) is 0 Å². The summed E-state index contributed by atoms with van der Waals surface area (Å²) < 4.78 is 6.00. The molecule has 0 saturated heterocycles. The number of phenols is 1. The summed E-state index contributed by atoms with van der Waals surface area (Å²) >= 11 is 0. The van der Waals surface area contributed by atoms with Crippen LogP contribution in [-0.2, 0) is 14.3 Å². The van der Waals surface area contributed by atoms with Crippen molar-refractivity contribution in [2.24, 2.45) is 57.2 Å². The highest BCUT2D eigenvalue weighted by atomic mass is 16.5. The van der Waals surface area contributed by atoms with Crippen LogP contribution in [0.3, 0.4) is 0 Å². The molecule has 0 aliphatic heterocycles. The summed E-state index contributed by atoms with van der Waals surface area (Å²) in [6.45, 7) is 11.7. The fraction of sp³-hybridized carbons (Fsp3) is 0.684. The van der Waals surface area contributed by atoms with Gasteiger partial charge in [-0.25, -0.2) is 4.79 Å². The summed E-state index contributed by atoms with van der Waals surface area (Å²) in [5.41, 5.74) is 0.636. The Balaban J connectivity index is 1.31. The van der Waals surface area contributed by atoms with Gasteiger partial charge in [-0.1, -0.05) is 58.4 Å². The van der Waals surface area contributed by atoms with E-state index in [1.807, 2.05) is 0 Å². The minimum absolute atomic E-state index is 0.00942. The minimum Gasteiger partial charge on any atom is -0.508 e. The van der Waals surface area contributed by atoms with Crippen molar-refractivity contribution < 1.29 is 29.6 Å². The smallest absolute Gasteiger partial charge is 0.330 e. The highest BCUT2D eigenvalue weighted by molar-refractivity contribution is 5.87. The zero-order chi connectivity index (χ0) is 31.7. The quantitative estimate of drug-likeness (QED) is 0.181. The van der Waals surface area contributed by atoms with Crippen LogP contribution in [-0.4, -0.2) is 40.0 Å². The third-order valence-corrected chi connectivity index (χ3v) is 14.1. The van der Waals surface area contributed by atoms with Crippen molar-refractivity contribution in [1.82, 2.24) is 0 Å². The first-order chi connectivity index (χ1) is 20.8. The first-order valence-electron chi connectivity index (χ1n) is 17.0. The van der Waals surface area contributed by atoms with Crippen LogP contribution in [0.4, 0.5) is 0 Å². The number of carboxylic acid groups (broad SMARTS) is 1. The standard InChI is InChI=1S/C38H52O6/c1-23-16-19-37(22-44-32(41)15-8-25-6-9-26(39)10-7-25)20-21-38(34(42)43)28-13-14-30-35(3,4)31(40)17-18-36(30,5)27(28)11-12-29(38)33(37)24(23)2/h6-10,12,15,23-24,27-28,30-31,33,39-40H,11,13-14,16-22H2,1-5H3,(H,42,43)/b15-8+/t23-,24+,27+,28-,30+,31+,33+,36-,37-,38-/m1/s1. The van der Waals surface area contributed by atoms with Gasteiger partial charge in [0, 0.05) is 11.5 Å². The Morgan fingerprint density at radius 2 is 1.68 bits per heavy atom. The van der Waals surface area contributed by atoms with E-state index < -0.39 is 17.4 Å². The predicted molar refractivity (Wildman–Crippen MR) is 170 cm³/mol. The van der Waals surface area contributed by atoms with Gasteiger partial charge < -0.3 is 20.1 Å². The number of phenolic OH excluding ortho intramolecular Hbond substituents is 1. The van der Waals surface area contributed by atoms with E-state index in [1.165, 1.54) is 6.08 Å². The maximum Gasteiger partial charge on any atom is 0.330 e. The SMILES string of the molecule is C[C@H]1[C@H](C)CC[C@]2(COC(=O)/C=C/c3ccc(O)cc3)CC[C@]3(C(=O)O)C(=CC[C@H]4[C@H]3CC[C@H]3C(C)(C)[C@@H](O)CC[C@]43C)[C@H]12. The van der Waals surface area contributed by atoms with E-state index in [4.69, 9.17) is 4.74 Å². The molecule has 5 aliphatic rings. The van der Waals surface area contributed by atoms with Crippen LogP contribution in [0.25, 0.3) is 6.08 Å². The first kappa shape index (κ1) is 31.4. The number of benzene rings is 1. The first-order valence-corrected chi connectivity index (χ1v) is 17.0. The number of hydrogen-bond donors (Lipinski definition) is 3. The number of carbonyl (C=O) groups excluding carboxylic acids is 1. The van der Waals surface area contributed by atoms with E-state index >= 15 is 0 Å². The zero-order valence-electron chi connectivity index (χ0n) is 27.2. The largest absolute Gasteiger partial charge is 0.508 e. The van der Waals surface area contributed by atoms with Crippen molar-refractivity contribution in [3.8, 4) is 5.75 Å². The lowest BCUT2D eigenvalue weighted by atomic mass is 9.37. The van der Waals surface area contributed by atoms with Gasteiger partial charge >= 0.3 is 11.9 Å². The van der Waals surface area contributed by atoms with E-state index in [2.05, 4.69) is 40.7 Å². The molecular weight excluding hydrogens is 552 g/mol. The van der Waals surface area contributed by atoms with Gasteiger partial charge in [0.1, 0.15) is 5.75 Å². The predicted octanol–water partition coefficient (Wildman–Crippen LogP) is 7.64. The van der Waals surface area contributed by atoms with Crippen molar-refractivity contribution in [2.75, 3.05) is 6.61 Å². The van der Waals surface area contributed by atoms with Crippen LogP contribution in [0, 0.1) is 57.2 Å². The molecule has 0 amide bonds. The number of aliphatic carboxylic acids is 1. The highest BCUT2D eigenvalue weighted by Gasteiger charge is 2.68. The molecule has 6 heteroatoms. The average Bonchev–Trinajstić information content (AvgIpc) is 2.99. The Hall–Kier alpha value is -2.60. The third kappa shape index (κ3) is 4.68. The van der Waals surface area contributed by atoms with E-state index in [9.17, 15) is 24.9 Å². The molecule has 3 N–H and O–H groups in total. The Kier molecular flexibility index (Phi) is 7.87. The highest BCUT2D eigenvalue weighted by Crippen LogP contribution is 2.71. The Labute approximate surface area is 263 Å². The maximum absolute atomic E-state index is 13.7. The van der Waals surface area contributed by atoms with Crippen LogP contribution in [0.5, 0.6) is 5.75 Å². The van der Waals surface area contributed by atoms with Crippen LogP contribution in [0.2, 0.25) is 0 Å². The lowest BCUT2D eigenvalue weighted by Crippen LogP contribution is -2.63. The molecule has 240 valence electrons. The molecular formula is C38H52O6. The van der Waals surface area contributed by atoms with Crippen molar-refractivity contribution >= 4 is 18.0 Å². The number of allylic oxidation sites excluding steroid dienone is 1. The molecule has 0 aromatic heterocycles. The number of rotatable bonds is 5. The third-order valence-electron chi connectivity index (χ3n) is 14.1. The molecule has 0 bridgehead atoms. The van der Waals surface area contributed by atoms with E-state index in [0.717, 1.165) is 62.5 Å². The number of aliphatic hydroxyl groups is 1. The summed E-state index contributed by atoms with van der Waals surface area (Å²) in [6, 6.07) is 6.67. The normalized spacial score (nSPS) is 42.7. The second kappa shape index (κ2) is 11.0. The number of aromatic hydroxyl groups is 1. The Morgan fingerprint density at radius 3 is 2.39 bits per heavy atom. The van der Waals surface area contributed by atoms with Crippen LogP contribution in [0.15, 0.2) is 42.0 Å². The van der Waals surface area contributed by atoms with Crippen LogP contribution in [0.1, 0.15) is 98.0 Å². The molecule has 5 aliphatic carbocycles.